The smallest absolute Gasteiger partial charge is 0.406 e. The number of aliphatic carboxylic acids is 1. The van der Waals surface area contributed by atoms with Gasteiger partial charge in [0.2, 0.25) is 5.91 Å². The Balaban J connectivity index is 2.51. The summed E-state index contributed by atoms with van der Waals surface area (Å²) in [5.41, 5.74) is 0. The lowest BCUT2D eigenvalue weighted by atomic mass is 10.2. The summed E-state index contributed by atoms with van der Waals surface area (Å²) in [6.07, 6.45) is -3.39. The van der Waals surface area contributed by atoms with E-state index in [2.05, 4.69) is 0 Å². The van der Waals surface area contributed by atoms with Crippen molar-refractivity contribution in [3.05, 3.63) is 0 Å². The van der Waals surface area contributed by atoms with Gasteiger partial charge < -0.3 is 10.0 Å². The molecule has 104 valence electrons. The van der Waals surface area contributed by atoms with Crippen molar-refractivity contribution in [1.29, 1.82) is 0 Å². The second kappa shape index (κ2) is 5.55. The summed E-state index contributed by atoms with van der Waals surface area (Å²) in [6.45, 7) is -1.19. The van der Waals surface area contributed by atoms with Gasteiger partial charge in [-0.3, -0.25) is 14.5 Å². The van der Waals surface area contributed by atoms with Crippen LogP contribution < -0.4 is 0 Å². The van der Waals surface area contributed by atoms with Crippen molar-refractivity contribution in [3.8, 4) is 0 Å². The molecule has 18 heavy (non-hydrogen) atoms. The Morgan fingerprint density at radius 2 is 2.06 bits per heavy atom. The maximum Gasteiger partial charge on any atom is 0.406 e. The quantitative estimate of drug-likeness (QED) is 0.809. The summed E-state index contributed by atoms with van der Waals surface area (Å²) in [7, 11) is 1.06. The molecule has 1 N–H and O–H groups in total. The third-order valence-electron chi connectivity index (χ3n) is 2.83. The topological polar surface area (TPSA) is 60.9 Å². The Hall–Kier alpha value is -1.31. The van der Waals surface area contributed by atoms with Crippen molar-refractivity contribution in [1.82, 2.24) is 9.80 Å². The van der Waals surface area contributed by atoms with Crippen molar-refractivity contribution in [2.45, 2.75) is 25.1 Å². The highest BCUT2D eigenvalue weighted by Crippen LogP contribution is 2.19. The van der Waals surface area contributed by atoms with Gasteiger partial charge in [0.15, 0.2) is 0 Å². The van der Waals surface area contributed by atoms with Gasteiger partial charge in [-0.1, -0.05) is 0 Å². The summed E-state index contributed by atoms with van der Waals surface area (Å²) in [5, 5.41) is 8.88. The molecule has 0 unspecified atom stereocenters. The van der Waals surface area contributed by atoms with Gasteiger partial charge in [-0.2, -0.15) is 13.2 Å². The normalized spacial score (nSPS) is 21.0. The number of nitrogens with zero attached hydrogens (tertiary/aromatic N) is 2. The molecule has 1 aliphatic heterocycles. The standard InChI is InChI=1S/C10H15F3N2O3/c1-14(6-10(11,12)13)8(16)5-15-4-2-3-7(15)9(17)18/h7H,2-6H2,1H3,(H,17,18)/t7-/m1/s1. The van der Waals surface area contributed by atoms with E-state index in [0.29, 0.717) is 24.3 Å². The highest BCUT2D eigenvalue weighted by atomic mass is 19.4. The zero-order valence-electron chi connectivity index (χ0n) is 9.90. The van der Waals surface area contributed by atoms with E-state index in [-0.39, 0.29) is 6.54 Å². The second-order valence-corrected chi connectivity index (χ2v) is 4.33. The number of amides is 1. The van der Waals surface area contributed by atoms with E-state index >= 15 is 0 Å². The van der Waals surface area contributed by atoms with Crippen LogP contribution in [-0.4, -0.2) is 65.7 Å². The third-order valence-corrected chi connectivity index (χ3v) is 2.83. The minimum atomic E-state index is -4.44. The van der Waals surface area contributed by atoms with Gasteiger partial charge >= 0.3 is 12.1 Å². The molecule has 0 bridgehead atoms. The maximum absolute atomic E-state index is 12.1. The van der Waals surface area contributed by atoms with Crippen LogP contribution in [0.4, 0.5) is 13.2 Å². The minimum Gasteiger partial charge on any atom is -0.480 e. The van der Waals surface area contributed by atoms with Crippen LogP contribution in [0.5, 0.6) is 0 Å². The number of likely N-dealkylation sites (tertiary alicyclic amines) is 1. The van der Waals surface area contributed by atoms with Gasteiger partial charge in [-0.15, -0.1) is 0 Å². The summed E-state index contributed by atoms with van der Waals surface area (Å²) >= 11 is 0. The molecule has 1 fully saturated rings. The third kappa shape index (κ3) is 4.17. The Kier molecular flexibility index (Phi) is 4.55. The fourth-order valence-corrected chi connectivity index (χ4v) is 1.95. The zero-order valence-corrected chi connectivity index (χ0v) is 9.90. The number of hydrogen-bond acceptors (Lipinski definition) is 3. The average molecular weight is 268 g/mol. The summed E-state index contributed by atoms with van der Waals surface area (Å²) in [6, 6.07) is -0.770. The molecule has 0 saturated carbocycles. The van der Waals surface area contributed by atoms with Crippen LogP contribution in [0.3, 0.4) is 0 Å². The van der Waals surface area contributed by atoms with Crippen molar-refractivity contribution < 1.29 is 27.9 Å². The Morgan fingerprint density at radius 3 is 2.56 bits per heavy atom. The molecule has 1 heterocycles. The number of likely N-dealkylation sites (N-methyl/N-ethyl adjacent to an activating group) is 1. The highest BCUT2D eigenvalue weighted by Gasteiger charge is 2.35. The van der Waals surface area contributed by atoms with Crippen molar-refractivity contribution in [2.24, 2.45) is 0 Å². The van der Waals surface area contributed by atoms with Crippen molar-refractivity contribution >= 4 is 11.9 Å². The molecule has 0 aromatic heterocycles. The fourth-order valence-electron chi connectivity index (χ4n) is 1.95. The Bertz CT molecular complexity index is 333. The molecule has 1 aliphatic rings. The Labute approximate surface area is 102 Å². The monoisotopic (exact) mass is 268 g/mol. The van der Waals surface area contributed by atoms with Crippen molar-refractivity contribution in [3.63, 3.8) is 0 Å². The average Bonchev–Trinajstić information content (AvgIpc) is 2.62. The maximum atomic E-state index is 12.1. The molecule has 0 aliphatic carbocycles. The van der Waals surface area contributed by atoms with Crippen molar-refractivity contribution in [2.75, 3.05) is 26.7 Å². The lowest BCUT2D eigenvalue weighted by Crippen LogP contribution is -2.45. The molecule has 1 saturated heterocycles. The molecule has 1 rings (SSSR count). The molecule has 5 nitrogen and oxygen atoms in total. The lowest BCUT2D eigenvalue weighted by molar-refractivity contribution is -0.159. The number of alkyl halides is 3. The SMILES string of the molecule is CN(CC(F)(F)F)C(=O)CN1CCC[C@@H]1C(=O)O. The summed E-state index contributed by atoms with van der Waals surface area (Å²) in [4.78, 5) is 24.3. The first-order valence-corrected chi connectivity index (χ1v) is 5.48. The molecular weight excluding hydrogens is 253 g/mol. The van der Waals surface area contributed by atoms with E-state index in [1.165, 1.54) is 4.90 Å². The Morgan fingerprint density at radius 1 is 1.44 bits per heavy atom. The molecule has 0 radical (unpaired) electrons. The fraction of sp³-hybridized carbons (Fsp3) is 0.800. The number of halogens is 3. The largest absolute Gasteiger partial charge is 0.480 e. The van der Waals surface area contributed by atoms with Gasteiger partial charge in [0.25, 0.3) is 0 Å². The van der Waals surface area contributed by atoms with E-state index in [9.17, 15) is 22.8 Å². The van der Waals surface area contributed by atoms with Crippen LogP contribution in [0.25, 0.3) is 0 Å². The van der Waals surface area contributed by atoms with E-state index < -0.39 is 30.6 Å². The molecule has 0 aromatic rings. The van der Waals surface area contributed by atoms with Crippen LogP contribution in [0.2, 0.25) is 0 Å². The number of rotatable bonds is 4. The predicted octanol–water partition coefficient (Wildman–Crippen LogP) is 0.556. The van der Waals surface area contributed by atoms with Gasteiger partial charge in [-0.25, -0.2) is 0 Å². The molecule has 1 amide bonds. The minimum absolute atomic E-state index is 0.288. The molecule has 8 heteroatoms. The highest BCUT2D eigenvalue weighted by molar-refractivity contribution is 5.80. The number of carbonyl (C=O) groups is 2. The first-order chi connectivity index (χ1) is 8.20. The van der Waals surface area contributed by atoms with Gasteiger partial charge in [0, 0.05) is 7.05 Å². The van der Waals surface area contributed by atoms with E-state index in [4.69, 9.17) is 5.11 Å². The van der Waals surface area contributed by atoms with Crippen LogP contribution in [0, 0.1) is 0 Å². The van der Waals surface area contributed by atoms with Gasteiger partial charge in [-0.05, 0) is 19.4 Å². The van der Waals surface area contributed by atoms with Gasteiger partial charge in [0.05, 0.1) is 6.54 Å². The summed E-state index contributed by atoms with van der Waals surface area (Å²) in [5.74, 6) is -1.76. The number of carboxylic acid groups (broad SMARTS) is 1. The van der Waals surface area contributed by atoms with E-state index in [0.717, 1.165) is 7.05 Å². The lowest BCUT2D eigenvalue weighted by Gasteiger charge is -2.24. The second-order valence-electron chi connectivity index (χ2n) is 4.33. The zero-order chi connectivity index (χ0) is 13.9. The van der Waals surface area contributed by atoms with Crippen LogP contribution in [0.1, 0.15) is 12.8 Å². The van der Waals surface area contributed by atoms with E-state index in [1.54, 1.807) is 0 Å². The molecular formula is C10H15F3N2O3. The number of hydrogen-bond donors (Lipinski definition) is 1. The van der Waals surface area contributed by atoms with Crippen LogP contribution >= 0.6 is 0 Å². The van der Waals surface area contributed by atoms with Crippen LogP contribution in [-0.2, 0) is 9.59 Å². The summed E-state index contributed by atoms with van der Waals surface area (Å²) < 4.78 is 36.2. The van der Waals surface area contributed by atoms with Gasteiger partial charge in [0.1, 0.15) is 12.6 Å². The first-order valence-electron chi connectivity index (χ1n) is 5.48. The van der Waals surface area contributed by atoms with Crippen LogP contribution in [0.15, 0.2) is 0 Å². The molecule has 0 spiro atoms. The number of carboxylic acids is 1. The first kappa shape index (κ1) is 14.7. The number of carbonyl (C=O) groups excluding carboxylic acids is 1. The molecule has 1 atom stereocenters. The predicted molar refractivity (Wildman–Crippen MR) is 55.9 cm³/mol. The molecule has 0 aromatic carbocycles. The van der Waals surface area contributed by atoms with E-state index in [1.807, 2.05) is 0 Å².